The highest BCUT2D eigenvalue weighted by molar-refractivity contribution is 14.1. The number of hydrogen-bond acceptors (Lipinski definition) is 6. The number of methoxy groups -OCH3 is 1. The second kappa shape index (κ2) is 5.54. The van der Waals surface area contributed by atoms with Crippen LogP contribution in [0.3, 0.4) is 0 Å². The van der Waals surface area contributed by atoms with Gasteiger partial charge < -0.3 is 19.6 Å². The van der Waals surface area contributed by atoms with E-state index in [0.29, 0.717) is 6.07 Å². The number of pyridine rings is 1. The second-order valence-corrected chi connectivity index (χ2v) is 4.02. The van der Waals surface area contributed by atoms with E-state index < -0.39 is 38.1 Å². The smallest absolute Gasteiger partial charge is 0.463 e. The summed E-state index contributed by atoms with van der Waals surface area (Å²) < 4.78 is 43.8. The third-order valence-corrected chi connectivity index (χ3v) is 2.71. The van der Waals surface area contributed by atoms with E-state index >= 15 is 0 Å². The standard InChI is InChI=1S/C8H4F3IN2O5/c1-18-7(15)3-2-4(19-8(9,10)11)5(12)6(13-3)14(16)17/h2H,1H3. The van der Waals surface area contributed by atoms with Crippen molar-refractivity contribution in [3.05, 3.63) is 25.4 Å². The Hall–Kier alpha value is -1.66. The number of ether oxygens (including phenoxy) is 2. The SMILES string of the molecule is COC(=O)c1cc(OC(F)(F)F)c(I)c([N+](=O)[O-])n1. The Morgan fingerprint density at radius 1 is 1.53 bits per heavy atom. The minimum atomic E-state index is -5.05. The first kappa shape index (κ1) is 15.4. The summed E-state index contributed by atoms with van der Waals surface area (Å²) in [6, 6.07) is 0.619. The van der Waals surface area contributed by atoms with Gasteiger partial charge in [0, 0.05) is 6.07 Å². The topological polar surface area (TPSA) is 91.6 Å². The number of nitrogens with zero attached hydrogens (tertiary/aromatic N) is 2. The van der Waals surface area contributed by atoms with Crippen molar-refractivity contribution < 1.29 is 32.4 Å². The maximum absolute atomic E-state index is 12.1. The average molecular weight is 392 g/mol. The van der Waals surface area contributed by atoms with Crippen molar-refractivity contribution in [2.45, 2.75) is 6.36 Å². The first-order valence-electron chi connectivity index (χ1n) is 4.34. The van der Waals surface area contributed by atoms with Crippen molar-refractivity contribution in [2.75, 3.05) is 7.11 Å². The number of hydrogen-bond donors (Lipinski definition) is 0. The first-order valence-corrected chi connectivity index (χ1v) is 5.42. The van der Waals surface area contributed by atoms with Crippen molar-refractivity contribution in [1.29, 1.82) is 0 Å². The van der Waals surface area contributed by atoms with Crippen LogP contribution in [0.15, 0.2) is 6.07 Å². The van der Waals surface area contributed by atoms with Crippen LogP contribution in [0.5, 0.6) is 5.75 Å². The van der Waals surface area contributed by atoms with Gasteiger partial charge in [0.1, 0.15) is 0 Å². The molecular weight excluding hydrogens is 388 g/mol. The number of carbonyl (C=O) groups excluding carboxylic acids is 1. The Labute approximate surface area is 117 Å². The molecule has 0 saturated carbocycles. The van der Waals surface area contributed by atoms with E-state index in [9.17, 15) is 28.1 Å². The lowest BCUT2D eigenvalue weighted by molar-refractivity contribution is -0.390. The number of aromatic nitrogens is 1. The molecule has 0 N–H and O–H groups in total. The Morgan fingerprint density at radius 3 is 2.53 bits per heavy atom. The molecule has 7 nitrogen and oxygen atoms in total. The predicted octanol–water partition coefficient (Wildman–Crippen LogP) is 2.28. The molecule has 1 heterocycles. The fourth-order valence-electron chi connectivity index (χ4n) is 1.02. The molecule has 0 radical (unpaired) electrons. The molecule has 0 spiro atoms. The predicted molar refractivity (Wildman–Crippen MR) is 61.6 cm³/mol. The zero-order valence-electron chi connectivity index (χ0n) is 9.02. The lowest BCUT2D eigenvalue weighted by atomic mass is 10.3. The molecule has 1 rings (SSSR count). The maximum Gasteiger partial charge on any atom is 0.573 e. The van der Waals surface area contributed by atoms with Gasteiger partial charge in [-0.25, -0.2) is 4.79 Å². The van der Waals surface area contributed by atoms with Gasteiger partial charge in [0.25, 0.3) is 5.69 Å². The van der Waals surface area contributed by atoms with Crippen molar-refractivity contribution >= 4 is 34.4 Å². The van der Waals surface area contributed by atoms with E-state index in [1.165, 1.54) is 22.6 Å². The van der Waals surface area contributed by atoms with Crippen molar-refractivity contribution in [3.63, 3.8) is 0 Å². The van der Waals surface area contributed by atoms with Gasteiger partial charge in [-0.1, -0.05) is 0 Å². The van der Waals surface area contributed by atoms with E-state index in [0.717, 1.165) is 7.11 Å². The van der Waals surface area contributed by atoms with E-state index in [4.69, 9.17) is 0 Å². The summed E-state index contributed by atoms with van der Waals surface area (Å²) in [7, 11) is 0.956. The van der Waals surface area contributed by atoms with Crippen LogP contribution in [0.25, 0.3) is 0 Å². The molecule has 0 aliphatic rings. The third kappa shape index (κ3) is 3.90. The van der Waals surface area contributed by atoms with Gasteiger partial charge in [-0.15, -0.1) is 13.2 Å². The van der Waals surface area contributed by atoms with Crippen molar-refractivity contribution in [1.82, 2.24) is 4.98 Å². The first-order chi connectivity index (χ1) is 8.65. The summed E-state index contributed by atoms with van der Waals surface area (Å²) in [5.41, 5.74) is -0.658. The fourth-order valence-corrected chi connectivity index (χ4v) is 1.61. The molecule has 1 aromatic rings. The molecule has 1 aromatic heterocycles. The van der Waals surface area contributed by atoms with Gasteiger partial charge in [-0.05, 0) is 32.5 Å². The van der Waals surface area contributed by atoms with E-state index in [-0.39, 0.29) is 0 Å². The lowest BCUT2D eigenvalue weighted by Crippen LogP contribution is -2.19. The summed E-state index contributed by atoms with van der Waals surface area (Å²) in [6.07, 6.45) is -5.05. The van der Waals surface area contributed by atoms with Gasteiger partial charge in [-0.3, -0.25) is 0 Å². The lowest BCUT2D eigenvalue weighted by Gasteiger charge is -2.10. The Morgan fingerprint density at radius 2 is 2.11 bits per heavy atom. The van der Waals surface area contributed by atoms with Crippen LogP contribution in [0.2, 0.25) is 0 Å². The number of nitro groups is 1. The monoisotopic (exact) mass is 392 g/mol. The van der Waals surface area contributed by atoms with Gasteiger partial charge in [0.15, 0.2) is 9.32 Å². The number of alkyl halides is 3. The van der Waals surface area contributed by atoms with Crippen LogP contribution >= 0.6 is 22.6 Å². The van der Waals surface area contributed by atoms with E-state index in [1.54, 1.807) is 0 Å². The minimum absolute atomic E-state index is 0.479. The van der Waals surface area contributed by atoms with E-state index in [1.807, 2.05) is 0 Å². The Bertz CT molecular complexity index is 534. The maximum atomic E-state index is 12.1. The molecule has 104 valence electrons. The normalized spacial score (nSPS) is 11.0. The molecule has 0 aliphatic heterocycles. The average Bonchev–Trinajstić information content (AvgIpc) is 2.28. The Balaban J connectivity index is 3.40. The Kier molecular flexibility index (Phi) is 4.49. The highest BCUT2D eigenvalue weighted by Gasteiger charge is 2.35. The summed E-state index contributed by atoms with van der Waals surface area (Å²) in [4.78, 5) is 24.1. The summed E-state index contributed by atoms with van der Waals surface area (Å²) >= 11 is 1.27. The van der Waals surface area contributed by atoms with Crippen molar-refractivity contribution in [2.24, 2.45) is 0 Å². The number of carbonyl (C=O) groups is 1. The quantitative estimate of drug-likeness (QED) is 0.339. The highest BCUT2D eigenvalue weighted by atomic mass is 127. The van der Waals surface area contributed by atoms with Crippen LogP contribution in [0.4, 0.5) is 19.0 Å². The largest absolute Gasteiger partial charge is 0.573 e. The number of esters is 1. The molecule has 0 amide bonds. The van der Waals surface area contributed by atoms with Crippen LogP contribution < -0.4 is 4.74 Å². The zero-order valence-corrected chi connectivity index (χ0v) is 11.2. The van der Waals surface area contributed by atoms with Gasteiger partial charge in [-0.2, -0.15) is 0 Å². The molecular formula is C8H4F3IN2O5. The molecule has 0 fully saturated rings. The van der Waals surface area contributed by atoms with Crippen LogP contribution in [0, 0.1) is 13.7 Å². The molecule has 0 unspecified atom stereocenters. The molecule has 11 heteroatoms. The summed E-state index contributed by atoms with van der Waals surface area (Å²) in [5.74, 6) is -2.94. The third-order valence-electron chi connectivity index (χ3n) is 1.70. The molecule has 0 aliphatic carbocycles. The van der Waals surface area contributed by atoms with Crippen LogP contribution in [0.1, 0.15) is 10.5 Å². The van der Waals surface area contributed by atoms with Crippen LogP contribution in [-0.2, 0) is 4.74 Å². The summed E-state index contributed by atoms with van der Waals surface area (Å²) in [5, 5.41) is 10.7. The van der Waals surface area contributed by atoms with Crippen LogP contribution in [-0.4, -0.2) is 29.3 Å². The molecule has 0 aromatic carbocycles. The minimum Gasteiger partial charge on any atom is -0.463 e. The highest BCUT2D eigenvalue weighted by Crippen LogP contribution is 2.33. The molecule has 0 bridgehead atoms. The van der Waals surface area contributed by atoms with Gasteiger partial charge >= 0.3 is 18.1 Å². The summed E-state index contributed by atoms with van der Waals surface area (Å²) in [6.45, 7) is 0. The fraction of sp³-hybridized carbons (Fsp3) is 0.250. The molecule has 0 atom stereocenters. The second-order valence-electron chi connectivity index (χ2n) is 2.94. The zero-order chi connectivity index (χ0) is 14.8. The van der Waals surface area contributed by atoms with Gasteiger partial charge in [0.05, 0.1) is 7.11 Å². The molecule has 0 saturated heterocycles. The number of rotatable bonds is 3. The molecule has 19 heavy (non-hydrogen) atoms. The van der Waals surface area contributed by atoms with E-state index in [2.05, 4.69) is 14.5 Å². The van der Waals surface area contributed by atoms with Gasteiger partial charge in [0.2, 0.25) is 0 Å². The number of halogens is 4. The van der Waals surface area contributed by atoms with Crippen molar-refractivity contribution in [3.8, 4) is 5.75 Å².